The molecule has 11 heteroatoms. The van der Waals surface area contributed by atoms with Crippen LogP contribution in [0.5, 0.6) is 0 Å². The van der Waals surface area contributed by atoms with Gasteiger partial charge in [0.25, 0.3) is 0 Å². The number of esters is 4. The van der Waals surface area contributed by atoms with Crippen LogP contribution in [0.4, 0.5) is 0 Å². The van der Waals surface area contributed by atoms with Crippen LogP contribution in [0.25, 0.3) is 0 Å². The summed E-state index contributed by atoms with van der Waals surface area (Å²) < 4.78 is 20.2. The number of carbonyl (C=O) groups is 5. The molecule has 0 aromatic rings. The summed E-state index contributed by atoms with van der Waals surface area (Å²) in [7, 11) is 0. The van der Waals surface area contributed by atoms with Crippen molar-refractivity contribution in [3.63, 3.8) is 0 Å². The van der Waals surface area contributed by atoms with E-state index in [1.54, 1.807) is 0 Å². The van der Waals surface area contributed by atoms with Gasteiger partial charge in [-0.15, -0.1) is 0 Å². The molecule has 1 saturated carbocycles. The van der Waals surface area contributed by atoms with Gasteiger partial charge in [0, 0.05) is 34.6 Å². The van der Waals surface area contributed by atoms with Crippen LogP contribution in [0, 0.1) is 0 Å². The summed E-state index contributed by atoms with van der Waals surface area (Å²) >= 11 is 0. The second-order valence-electron chi connectivity index (χ2n) is 6.13. The van der Waals surface area contributed by atoms with Gasteiger partial charge < -0.3 is 29.4 Å². The van der Waals surface area contributed by atoms with E-state index in [4.69, 9.17) is 18.9 Å². The van der Waals surface area contributed by atoms with Gasteiger partial charge in [0.15, 0.2) is 23.9 Å². The first kappa shape index (κ1) is 22.4. The summed E-state index contributed by atoms with van der Waals surface area (Å²) in [5.41, 5.74) is -2.23. The zero-order valence-electron chi connectivity index (χ0n) is 15.6. The Balaban J connectivity index is 3.48. The van der Waals surface area contributed by atoms with Crippen molar-refractivity contribution < 1.29 is 48.0 Å². The van der Waals surface area contributed by atoms with Gasteiger partial charge in [-0.3, -0.25) is 24.0 Å². The zero-order valence-corrected chi connectivity index (χ0v) is 15.6. The molecular formula is C16H23NO10. The van der Waals surface area contributed by atoms with Crippen LogP contribution in [0.15, 0.2) is 0 Å². The van der Waals surface area contributed by atoms with Crippen LogP contribution in [-0.2, 0) is 42.9 Å². The second-order valence-corrected chi connectivity index (χ2v) is 6.13. The Morgan fingerprint density at radius 3 is 1.70 bits per heavy atom. The molecule has 0 aromatic heterocycles. The molecule has 1 fully saturated rings. The lowest BCUT2D eigenvalue weighted by molar-refractivity contribution is -0.189. The Hall–Kier alpha value is -2.69. The summed E-state index contributed by atoms with van der Waals surface area (Å²) in [5.74, 6) is -3.84. The molecule has 0 unspecified atom stereocenters. The minimum Gasteiger partial charge on any atom is -0.463 e. The van der Waals surface area contributed by atoms with E-state index in [9.17, 15) is 29.1 Å². The Morgan fingerprint density at radius 1 is 0.815 bits per heavy atom. The summed E-state index contributed by atoms with van der Waals surface area (Å²) in [4.78, 5) is 57.4. The van der Waals surface area contributed by atoms with Gasteiger partial charge in [-0.25, -0.2) is 0 Å². The minimum atomic E-state index is -2.23. The molecular weight excluding hydrogens is 366 g/mol. The predicted octanol–water partition coefficient (Wildman–Crippen LogP) is -1.41. The van der Waals surface area contributed by atoms with Gasteiger partial charge in [-0.05, 0) is 0 Å². The molecule has 0 spiro atoms. The zero-order chi connectivity index (χ0) is 20.9. The third-order valence-corrected chi connectivity index (χ3v) is 3.74. The van der Waals surface area contributed by atoms with Crippen molar-refractivity contribution in [2.75, 3.05) is 6.61 Å². The molecule has 0 bridgehead atoms. The van der Waals surface area contributed by atoms with Gasteiger partial charge in [-0.2, -0.15) is 0 Å². The summed E-state index contributed by atoms with van der Waals surface area (Å²) in [6.07, 6.45) is -4.44. The van der Waals surface area contributed by atoms with Crippen LogP contribution >= 0.6 is 0 Å². The molecule has 1 rings (SSSR count). The average molecular weight is 389 g/mol. The maximum Gasteiger partial charge on any atom is 0.303 e. The van der Waals surface area contributed by atoms with Crippen molar-refractivity contribution in [1.29, 1.82) is 0 Å². The molecule has 1 aliphatic rings. The predicted molar refractivity (Wildman–Crippen MR) is 85.8 cm³/mol. The first-order valence-corrected chi connectivity index (χ1v) is 8.03. The van der Waals surface area contributed by atoms with Crippen molar-refractivity contribution >= 4 is 29.8 Å². The lowest BCUT2D eigenvalue weighted by atomic mass is 9.95. The molecule has 0 heterocycles. The number of rotatable bonds is 6. The van der Waals surface area contributed by atoms with E-state index in [1.165, 1.54) is 0 Å². The number of hydrogen-bond acceptors (Lipinski definition) is 10. The van der Waals surface area contributed by atoms with E-state index in [0.29, 0.717) is 0 Å². The number of nitrogens with one attached hydrogen (secondary N) is 1. The SMILES string of the molecule is CC(=O)N[C@@H]1[C@H](OC(C)=O)[C@@H](OC(C)=O)[C@@H](OC(C)=O)[C@@]1(O)COC(C)=O. The van der Waals surface area contributed by atoms with Crippen molar-refractivity contribution in [1.82, 2.24) is 5.32 Å². The highest BCUT2D eigenvalue weighted by Crippen LogP contribution is 2.38. The Labute approximate surface area is 155 Å². The van der Waals surface area contributed by atoms with Crippen LogP contribution in [0.2, 0.25) is 0 Å². The van der Waals surface area contributed by atoms with Crippen molar-refractivity contribution in [2.24, 2.45) is 0 Å². The Bertz CT molecular complexity index is 589. The fraction of sp³-hybridized carbons (Fsp3) is 0.688. The first-order chi connectivity index (χ1) is 12.4. The van der Waals surface area contributed by atoms with Gasteiger partial charge in [-0.1, -0.05) is 0 Å². The molecule has 5 atom stereocenters. The number of amides is 1. The third-order valence-electron chi connectivity index (χ3n) is 3.74. The molecule has 0 aromatic carbocycles. The first-order valence-electron chi connectivity index (χ1n) is 8.03. The number of hydrogen-bond donors (Lipinski definition) is 2. The summed E-state index contributed by atoms with van der Waals surface area (Å²) in [5, 5.41) is 13.6. The highest BCUT2D eigenvalue weighted by atomic mass is 16.6. The summed E-state index contributed by atoms with van der Waals surface area (Å²) in [6.45, 7) is 4.67. The lowest BCUT2D eigenvalue weighted by Gasteiger charge is -2.34. The monoisotopic (exact) mass is 389 g/mol. The van der Waals surface area contributed by atoms with Gasteiger partial charge in [0.2, 0.25) is 5.91 Å². The fourth-order valence-corrected chi connectivity index (χ4v) is 2.92. The molecule has 0 aliphatic heterocycles. The van der Waals surface area contributed by atoms with Crippen LogP contribution < -0.4 is 5.32 Å². The Morgan fingerprint density at radius 2 is 1.30 bits per heavy atom. The Kier molecular flexibility index (Phi) is 7.28. The van der Waals surface area contributed by atoms with E-state index in [1.807, 2.05) is 0 Å². The van der Waals surface area contributed by atoms with Gasteiger partial charge in [0.1, 0.15) is 12.6 Å². The smallest absolute Gasteiger partial charge is 0.303 e. The minimum absolute atomic E-state index is 0.622. The fourth-order valence-electron chi connectivity index (χ4n) is 2.92. The van der Waals surface area contributed by atoms with E-state index >= 15 is 0 Å². The van der Waals surface area contributed by atoms with Crippen LogP contribution in [0.1, 0.15) is 34.6 Å². The molecule has 1 amide bonds. The molecule has 11 nitrogen and oxygen atoms in total. The van der Waals surface area contributed by atoms with E-state index < -0.39 is 66.3 Å². The number of ether oxygens (including phenoxy) is 4. The third kappa shape index (κ3) is 5.64. The standard InChI is InChI=1S/C16H23NO10/c1-7(18)17-14-12(25-9(3)20)13(26-10(4)21)15(27-11(5)22)16(14,23)6-24-8(2)19/h12-15,23H,6H2,1-5H3,(H,17,18)/t12-,13-,14-,15-,16-/m1/s1. The summed E-state index contributed by atoms with van der Waals surface area (Å²) in [6, 6.07) is -1.40. The van der Waals surface area contributed by atoms with Crippen molar-refractivity contribution in [3.8, 4) is 0 Å². The largest absolute Gasteiger partial charge is 0.463 e. The lowest BCUT2D eigenvalue weighted by Crippen LogP contribution is -2.60. The molecule has 2 N–H and O–H groups in total. The van der Waals surface area contributed by atoms with Crippen LogP contribution in [-0.4, -0.2) is 71.5 Å². The maximum atomic E-state index is 11.6. The van der Waals surface area contributed by atoms with E-state index in [0.717, 1.165) is 34.6 Å². The average Bonchev–Trinajstić information content (AvgIpc) is 2.67. The second kappa shape index (κ2) is 8.80. The van der Waals surface area contributed by atoms with Gasteiger partial charge >= 0.3 is 23.9 Å². The highest BCUT2D eigenvalue weighted by molar-refractivity contribution is 5.74. The van der Waals surface area contributed by atoms with Crippen LogP contribution in [0.3, 0.4) is 0 Å². The van der Waals surface area contributed by atoms with E-state index in [-0.39, 0.29) is 0 Å². The molecule has 1 aliphatic carbocycles. The quantitative estimate of drug-likeness (QED) is 0.409. The number of carbonyl (C=O) groups excluding carboxylic acids is 5. The molecule has 27 heavy (non-hydrogen) atoms. The maximum absolute atomic E-state index is 11.6. The topological polar surface area (TPSA) is 155 Å². The van der Waals surface area contributed by atoms with Crippen molar-refractivity contribution in [3.05, 3.63) is 0 Å². The van der Waals surface area contributed by atoms with Crippen molar-refractivity contribution in [2.45, 2.75) is 64.6 Å². The molecule has 152 valence electrons. The molecule has 0 radical (unpaired) electrons. The highest BCUT2D eigenvalue weighted by Gasteiger charge is 2.66. The number of aliphatic hydroxyl groups is 1. The van der Waals surface area contributed by atoms with E-state index in [2.05, 4.69) is 5.32 Å². The van der Waals surface area contributed by atoms with Gasteiger partial charge in [0.05, 0.1) is 0 Å². The normalized spacial score (nSPS) is 29.4. The molecule has 0 saturated heterocycles.